The van der Waals surface area contributed by atoms with E-state index in [0.717, 1.165) is 6.07 Å². The predicted octanol–water partition coefficient (Wildman–Crippen LogP) is 3.43. The van der Waals surface area contributed by atoms with Gasteiger partial charge in [0, 0.05) is 35.9 Å². The normalized spacial score (nSPS) is 11.1. The van der Waals surface area contributed by atoms with Gasteiger partial charge in [-0.05, 0) is 37.3 Å². The molecular weight excluding hydrogens is 492 g/mol. The van der Waals surface area contributed by atoms with Crippen LogP contribution in [0.1, 0.15) is 12.6 Å². The highest BCUT2D eigenvalue weighted by atomic mass is 16.3. The number of aromatic nitrogens is 2. The van der Waals surface area contributed by atoms with Gasteiger partial charge in [0.05, 0.1) is 11.2 Å². The molecule has 2 aromatic carbocycles. The summed E-state index contributed by atoms with van der Waals surface area (Å²) < 4.78 is 2.70. The van der Waals surface area contributed by atoms with Gasteiger partial charge in [0.2, 0.25) is 23.1 Å². The topological polar surface area (TPSA) is 167 Å². The van der Waals surface area contributed by atoms with Crippen molar-refractivity contribution in [3.8, 4) is 11.6 Å². The number of carbonyl (C=O) groups excluding carboxylic acids is 3. The number of amides is 3. The molecule has 0 radical (unpaired) electrons. The van der Waals surface area contributed by atoms with E-state index in [2.05, 4.69) is 20.9 Å². The van der Waals surface area contributed by atoms with Gasteiger partial charge in [0.1, 0.15) is 13.1 Å². The third kappa shape index (κ3) is 5.59. The van der Waals surface area contributed by atoms with Gasteiger partial charge in [-0.15, -0.1) is 10.2 Å². The minimum atomic E-state index is -0.687. The fraction of sp³-hybridized carbons (Fsp3) is 0.154. The molecule has 0 aliphatic carbocycles. The molecule has 0 spiro atoms. The SMILES string of the molecule is CC(=O)Nc1ccc(NC(=O)Cn2c(O)c(N=NC(=O)Cn3ccc(=O)c(O)c3C)c3ccccc32)cc1. The molecule has 0 bridgehead atoms. The van der Waals surface area contributed by atoms with Crippen molar-refractivity contribution in [1.82, 2.24) is 9.13 Å². The first kappa shape index (κ1) is 25.8. The highest BCUT2D eigenvalue weighted by Gasteiger charge is 2.19. The number of fused-ring (bicyclic) bond motifs is 1. The number of para-hydroxylation sites is 1. The second-order valence-corrected chi connectivity index (χ2v) is 8.42. The van der Waals surface area contributed by atoms with E-state index in [-0.39, 0.29) is 36.3 Å². The van der Waals surface area contributed by atoms with Crippen molar-refractivity contribution in [3.63, 3.8) is 0 Å². The lowest BCUT2D eigenvalue weighted by molar-refractivity contribution is -0.119. The lowest BCUT2D eigenvalue weighted by atomic mass is 10.2. The van der Waals surface area contributed by atoms with Gasteiger partial charge in [0.25, 0.3) is 5.91 Å². The smallest absolute Gasteiger partial charge is 0.284 e. The van der Waals surface area contributed by atoms with Crippen LogP contribution in [-0.2, 0) is 27.5 Å². The quantitative estimate of drug-likeness (QED) is 0.275. The molecule has 0 aliphatic rings. The van der Waals surface area contributed by atoms with Crippen molar-refractivity contribution in [1.29, 1.82) is 0 Å². The predicted molar refractivity (Wildman–Crippen MR) is 140 cm³/mol. The van der Waals surface area contributed by atoms with Crippen molar-refractivity contribution < 1.29 is 24.6 Å². The maximum absolute atomic E-state index is 12.7. The van der Waals surface area contributed by atoms with E-state index in [1.165, 1.54) is 29.2 Å². The highest BCUT2D eigenvalue weighted by Crippen LogP contribution is 2.38. The number of carbonyl (C=O) groups is 3. The molecule has 194 valence electrons. The average Bonchev–Trinajstić information content (AvgIpc) is 3.14. The van der Waals surface area contributed by atoms with E-state index < -0.39 is 23.0 Å². The molecule has 2 heterocycles. The lowest BCUT2D eigenvalue weighted by Crippen LogP contribution is -2.18. The molecule has 12 nitrogen and oxygen atoms in total. The van der Waals surface area contributed by atoms with Gasteiger partial charge in [-0.1, -0.05) is 18.2 Å². The van der Waals surface area contributed by atoms with Crippen molar-refractivity contribution in [2.24, 2.45) is 10.2 Å². The Morgan fingerprint density at radius 2 is 1.58 bits per heavy atom. The molecule has 38 heavy (non-hydrogen) atoms. The minimum absolute atomic E-state index is 0.0147. The van der Waals surface area contributed by atoms with E-state index in [0.29, 0.717) is 22.3 Å². The summed E-state index contributed by atoms with van der Waals surface area (Å²) in [5.74, 6) is -2.14. The van der Waals surface area contributed by atoms with Crippen LogP contribution in [-0.4, -0.2) is 37.1 Å². The first-order valence-corrected chi connectivity index (χ1v) is 11.5. The second-order valence-electron chi connectivity index (χ2n) is 8.42. The number of nitrogens with zero attached hydrogens (tertiary/aromatic N) is 4. The molecule has 0 aliphatic heterocycles. The van der Waals surface area contributed by atoms with Gasteiger partial charge in [-0.2, -0.15) is 0 Å². The molecule has 0 saturated heterocycles. The summed E-state index contributed by atoms with van der Waals surface area (Å²) in [5, 5.41) is 34.1. The summed E-state index contributed by atoms with van der Waals surface area (Å²) in [7, 11) is 0. The van der Waals surface area contributed by atoms with Crippen LogP contribution in [0, 0.1) is 6.92 Å². The van der Waals surface area contributed by atoms with Crippen molar-refractivity contribution in [3.05, 3.63) is 76.7 Å². The van der Waals surface area contributed by atoms with E-state index >= 15 is 0 Å². The van der Waals surface area contributed by atoms with Crippen LogP contribution in [0.5, 0.6) is 11.6 Å². The molecule has 0 unspecified atom stereocenters. The van der Waals surface area contributed by atoms with Gasteiger partial charge >= 0.3 is 0 Å². The van der Waals surface area contributed by atoms with Gasteiger partial charge in [-0.25, -0.2) is 0 Å². The van der Waals surface area contributed by atoms with Crippen LogP contribution < -0.4 is 16.1 Å². The molecule has 12 heteroatoms. The first-order chi connectivity index (χ1) is 18.1. The molecule has 4 N–H and O–H groups in total. The van der Waals surface area contributed by atoms with Crippen molar-refractivity contribution in [2.75, 3.05) is 10.6 Å². The van der Waals surface area contributed by atoms with Crippen molar-refractivity contribution >= 4 is 45.7 Å². The summed E-state index contributed by atoms with van der Waals surface area (Å²) in [4.78, 5) is 47.9. The summed E-state index contributed by atoms with van der Waals surface area (Å²) in [6, 6.07) is 14.5. The molecule has 0 atom stereocenters. The molecule has 0 fully saturated rings. The number of aromatic hydroxyl groups is 2. The van der Waals surface area contributed by atoms with E-state index in [4.69, 9.17) is 0 Å². The second kappa shape index (κ2) is 10.8. The molecule has 2 aromatic heterocycles. The molecule has 4 aromatic rings. The number of nitrogens with one attached hydrogen (secondary N) is 2. The van der Waals surface area contributed by atoms with E-state index in [9.17, 15) is 29.4 Å². The number of rotatable bonds is 7. The van der Waals surface area contributed by atoms with E-state index in [1.54, 1.807) is 48.5 Å². The maximum Gasteiger partial charge on any atom is 0.284 e. The Morgan fingerprint density at radius 3 is 2.26 bits per heavy atom. The largest absolute Gasteiger partial charge is 0.503 e. The van der Waals surface area contributed by atoms with Gasteiger partial charge in [-0.3, -0.25) is 19.2 Å². The molecular formula is C26H24N6O6. The third-order valence-electron chi connectivity index (χ3n) is 5.69. The van der Waals surface area contributed by atoms with E-state index in [1.807, 2.05) is 0 Å². The zero-order chi connectivity index (χ0) is 27.4. The Labute approximate surface area is 215 Å². The maximum atomic E-state index is 12.7. The summed E-state index contributed by atoms with van der Waals surface area (Å²) in [5.41, 5.74) is 1.24. The van der Waals surface area contributed by atoms with Gasteiger partial charge < -0.3 is 30.0 Å². The van der Waals surface area contributed by atoms with Crippen LogP contribution in [0.15, 0.2) is 75.8 Å². The monoisotopic (exact) mass is 516 g/mol. The molecule has 4 rings (SSSR count). The fourth-order valence-electron chi connectivity index (χ4n) is 3.83. The molecule has 0 saturated carbocycles. The Morgan fingerprint density at radius 1 is 0.921 bits per heavy atom. The van der Waals surface area contributed by atoms with Crippen LogP contribution in [0.4, 0.5) is 17.1 Å². The minimum Gasteiger partial charge on any atom is -0.503 e. The number of hydrogen-bond donors (Lipinski definition) is 4. The third-order valence-corrected chi connectivity index (χ3v) is 5.69. The standard InChI is InChI=1S/C26H24N6O6/c1-15-25(37)21(34)11-12-31(15)13-23(36)29-30-24-19-5-3-4-6-20(19)32(26(24)38)14-22(35)28-18-9-7-17(8-10-18)27-16(2)33/h3-12,37-38H,13-14H2,1-2H3,(H,27,33)(H,28,35). The zero-order valence-electron chi connectivity index (χ0n) is 20.5. The highest BCUT2D eigenvalue weighted by molar-refractivity contribution is 5.98. The summed E-state index contributed by atoms with van der Waals surface area (Å²) in [6.45, 7) is 2.35. The van der Waals surface area contributed by atoms with Crippen molar-refractivity contribution in [2.45, 2.75) is 26.9 Å². The number of hydrogen-bond acceptors (Lipinski definition) is 7. The van der Waals surface area contributed by atoms with Crippen LogP contribution in [0.3, 0.4) is 0 Å². The van der Waals surface area contributed by atoms with Crippen LogP contribution >= 0.6 is 0 Å². The summed E-state index contributed by atoms with van der Waals surface area (Å²) >= 11 is 0. The zero-order valence-corrected chi connectivity index (χ0v) is 20.5. The number of azo groups is 1. The van der Waals surface area contributed by atoms with Gasteiger partial charge in [0.15, 0.2) is 11.4 Å². The fourth-order valence-corrected chi connectivity index (χ4v) is 3.83. The Balaban J connectivity index is 1.53. The Kier molecular flexibility index (Phi) is 7.33. The van der Waals surface area contributed by atoms with Crippen LogP contribution in [0.2, 0.25) is 0 Å². The Bertz CT molecular complexity index is 1630. The number of pyridine rings is 1. The molecule has 3 amide bonds. The first-order valence-electron chi connectivity index (χ1n) is 11.5. The average molecular weight is 517 g/mol. The Hall–Kier alpha value is -5.26. The lowest BCUT2D eigenvalue weighted by Gasteiger charge is -2.09. The number of anilines is 2. The number of benzene rings is 2. The summed E-state index contributed by atoms with van der Waals surface area (Å²) in [6.07, 6.45) is 1.36. The van der Waals surface area contributed by atoms with Crippen LogP contribution in [0.25, 0.3) is 10.9 Å².